The highest BCUT2D eigenvalue weighted by molar-refractivity contribution is 6.31. The van der Waals surface area contributed by atoms with Crippen molar-refractivity contribution < 1.29 is 19.1 Å². The first-order chi connectivity index (χ1) is 12.4. The molecule has 0 aromatic heterocycles. The molecule has 2 aromatic rings. The van der Waals surface area contributed by atoms with Crippen molar-refractivity contribution in [2.75, 3.05) is 17.3 Å². The lowest BCUT2D eigenvalue weighted by Gasteiger charge is -2.19. The molecular weight excluding hydrogens is 356 g/mol. The van der Waals surface area contributed by atoms with E-state index >= 15 is 0 Å². The summed E-state index contributed by atoms with van der Waals surface area (Å²) in [6.07, 6.45) is -0.00119. The normalized spacial score (nSPS) is 16.7. The van der Waals surface area contributed by atoms with Crippen LogP contribution in [0.5, 0.6) is 5.75 Å². The molecule has 26 heavy (non-hydrogen) atoms. The largest absolute Gasteiger partial charge is 0.495 e. The van der Waals surface area contributed by atoms with E-state index in [0.29, 0.717) is 27.7 Å². The Morgan fingerprint density at radius 1 is 1.23 bits per heavy atom. The summed E-state index contributed by atoms with van der Waals surface area (Å²) in [4.78, 5) is 37.8. The molecule has 0 radical (unpaired) electrons. The summed E-state index contributed by atoms with van der Waals surface area (Å²) in [7, 11) is 1.46. The van der Waals surface area contributed by atoms with Gasteiger partial charge in [0, 0.05) is 16.3 Å². The van der Waals surface area contributed by atoms with Crippen molar-refractivity contribution in [3.05, 3.63) is 53.1 Å². The van der Waals surface area contributed by atoms with Crippen LogP contribution in [0.25, 0.3) is 0 Å². The molecule has 0 spiro atoms. The fraction of sp³-hybridized carbons (Fsp3) is 0.211. The predicted octanol–water partition coefficient (Wildman–Crippen LogP) is 3.30. The van der Waals surface area contributed by atoms with Crippen molar-refractivity contribution >= 4 is 40.6 Å². The van der Waals surface area contributed by atoms with Gasteiger partial charge in [-0.1, -0.05) is 23.7 Å². The Labute approximate surface area is 155 Å². The zero-order chi connectivity index (χ0) is 18.8. The maximum atomic E-state index is 12.8. The highest BCUT2D eigenvalue weighted by Crippen LogP contribution is 2.35. The molecule has 1 fully saturated rings. The van der Waals surface area contributed by atoms with Gasteiger partial charge in [0.05, 0.1) is 19.2 Å². The van der Waals surface area contributed by atoms with Crippen LogP contribution in [0.2, 0.25) is 5.02 Å². The molecule has 7 heteroatoms. The molecule has 1 atom stereocenters. The van der Waals surface area contributed by atoms with E-state index in [1.54, 1.807) is 36.4 Å². The van der Waals surface area contributed by atoms with Gasteiger partial charge in [-0.2, -0.15) is 0 Å². The Bertz CT molecular complexity index is 897. The molecule has 134 valence electrons. The van der Waals surface area contributed by atoms with Crippen LogP contribution in [0.4, 0.5) is 11.4 Å². The number of ketones is 1. The molecule has 2 aromatic carbocycles. The number of rotatable bonds is 5. The quantitative estimate of drug-likeness (QED) is 0.643. The van der Waals surface area contributed by atoms with Crippen molar-refractivity contribution in [3.63, 3.8) is 0 Å². The van der Waals surface area contributed by atoms with Gasteiger partial charge in [0.15, 0.2) is 5.78 Å². The third kappa shape index (κ3) is 3.41. The van der Waals surface area contributed by atoms with Crippen LogP contribution >= 0.6 is 11.6 Å². The van der Waals surface area contributed by atoms with Crippen LogP contribution in [0, 0.1) is 0 Å². The van der Waals surface area contributed by atoms with Crippen LogP contribution in [0.15, 0.2) is 42.5 Å². The average Bonchev–Trinajstić information content (AvgIpc) is 2.88. The second-order valence-corrected chi connectivity index (χ2v) is 6.36. The zero-order valence-electron chi connectivity index (χ0n) is 14.3. The van der Waals surface area contributed by atoms with E-state index in [2.05, 4.69) is 5.32 Å². The second kappa shape index (κ2) is 7.17. The number of imide groups is 1. The standard InChI is InChI=1S/C19H17ClN2O4/c1-11(23)12-4-3-5-14(8-12)21-15-10-18(24)22(19(15)25)16-9-13(20)6-7-17(16)26-2/h3-9,15,21H,10H2,1-2H3/t15-/m0/s1. The van der Waals surface area contributed by atoms with Crippen molar-refractivity contribution in [1.29, 1.82) is 0 Å². The van der Waals surface area contributed by atoms with Gasteiger partial charge in [0.1, 0.15) is 11.8 Å². The van der Waals surface area contributed by atoms with Gasteiger partial charge >= 0.3 is 0 Å². The topological polar surface area (TPSA) is 75.7 Å². The number of hydrogen-bond acceptors (Lipinski definition) is 5. The Hall–Kier alpha value is -2.86. The first-order valence-corrected chi connectivity index (χ1v) is 8.36. The van der Waals surface area contributed by atoms with Gasteiger partial charge in [-0.25, -0.2) is 4.90 Å². The van der Waals surface area contributed by atoms with Crippen molar-refractivity contribution in [2.24, 2.45) is 0 Å². The Morgan fingerprint density at radius 2 is 2.00 bits per heavy atom. The lowest BCUT2D eigenvalue weighted by atomic mass is 10.1. The summed E-state index contributed by atoms with van der Waals surface area (Å²) in [5.41, 5.74) is 1.45. The predicted molar refractivity (Wildman–Crippen MR) is 99.0 cm³/mol. The first kappa shape index (κ1) is 17.9. The summed E-state index contributed by atoms with van der Waals surface area (Å²) in [6.45, 7) is 1.47. The maximum Gasteiger partial charge on any atom is 0.256 e. The van der Waals surface area contributed by atoms with Crippen LogP contribution in [0.1, 0.15) is 23.7 Å². The van der Waals surface area contributed by atoms with Crippen molar-refractivity contribution in [2.45, 2.75) is 19.4 Å². The first-order valence-electron chi connectivity index (χ1n) is 7.98. The van der Waals surface area contributed by atoms with E-state index in [0.717, 1.165) is 4.90 Å². The van der Waals surface area contributed by atoms with Crippen LogP contribution in [0.3, 0.4) is 0 Å². The fourth-order valence-corrected chi connectivity index (χ4v) is 3.03. The molecule has 0 aliphatic carbocycles. The molecule has 3 rings (SSSR count). The van der Waals surface area contributed by atoms with E-state index in [1.165, 1.54) is 20.1 Å². The highest BCUT2D eigenvalue weighted by Gasteiger charge is 2.40. The minimum Gasteiger partial charge on any atom is -0.495 e. The monoisotopic (exact) mass is 372 g/mol. The molecule has 6 nitrogen and oxygen atoms in total. The van der Waals surface area contributed by atoms with E-state index in [1.807, 2.05) is 0 Å². The number of amides is 2. The van der Waals surface area contributed by atoms with Crippen LogP contribution < -0.4 is 15.0 Å². The molecule has 1 N–H and O–H groups in total. The molecule has 1 saturated heterocycles. The SMILES string of the molecule is COc1ccc(Cl)cc1N1C(=O)C[C@H](Nc2cccc(C(C)=O)c2)C1=O. The van der Waals surface area contributed by atoms with Crippen LogP contribution in [-0.2, 0) is 9.59 Å². The lowest BCUT2D eigenvalue weighted by molar-refractivity contribution is -0.121. The zero-order valence-corrected chi connectivity index (χ0v) is 15.0. The number of ether oxygens (including phenoxy) is 1. The van der Waals surface area contributed by atoms with Gasteiger partial charge in [-0.15, -0.1) is 0 Å². The number of benzene rings is 2. The fourth-order valence-electron chi connectivity index (χ4n) is 2.86. The molecule has 0 saturated carbocycles. The molecule has 1 heterocycles. The number of nitrogens with one attached hydrogen (secondary N) is 1. The summed E-state index contributed by atoms with van der Waals surface area (Å²) in [5, 5.41) is 3.43. The molecular formula is C19H17ClN2O4. The number of Topliss-reactive ketones (excluding diaryl/α,β-unsaturated/α-hetero) is 1. The molecule has 1 aliphatic heterocycles. The van der Waals surface area contributed by atoms with E-state index in [4.69, 9.17) is 16.3 Å². The third-order valence-corrected chi connectivity index (χ3v) is 4.37. The van der Waals surface area contributed by atoms with Crippen molar-refractivity contribution in [1.82, 2.24) is 0 Å². The average molecular weight is 373 g/mol. The Kier molecular flexibility index (Phi) is 4.95. The van der Waals surface area contributed by atoms with Gasteiger partial charge in [0.2, 0.25) is 5.91 Å². The summed E-state index contributed by atoms with van der Waals surface area (Å²) < 4.78 is 5.24. The summed E-state index contributed by atoms with van der Waals surface area (Å²) >= 11 is 6.01. The van der Waals surface area contributed by atoms with E-state index in [-0.39, 0.29) is 18.1 Å². The van der Waals surface area contributed by atoms with Gasteiger partial charge in [-0.05, 0) is 37.3 Å². The van der Waals surface area contributed by atoms with Gasteiger partial charge < -0.3 is 10.1 Å². The number of halogens is 1. The Morgan fingerprint density at radius 3 is 2.69 bits per heavy atom. The maximum absolute atomic E-state index is 12.8. The smallest absolute Gasteiger partial charge is 0.256 e. The van der Waals surface area contributed by atoms with E-state index in [9.17, 15) is 14.4 Å². The highest BCUT2D eigenvalue weighted by atomic mass is 35.5. The minimum atomic E-state index is -0.728. The second-order valence-electron chi connectivity index (χ2n) is 5.92. The van der Waals surface area contributed by atoms with Gasteiger partial charge in [-0.3, -0.25) is 14.4 Å². The molecule has 2 amide bonds. The number of anilines is 2. The van der Waals surface area contributed by atoms with Crippen molar-refractivity contribution in [3.8, 4) is 5.75 Å². The summed E-state index contributed by atoms with van der Waals surface area (Å²) in [5.74, 6) is -0.442. The molecule has 0 unspecified atom stereocenters. The number of carbonyl (C=O) groups excluding carboxylic acids is 3. The number of nitrogens with zero attached hydrogens (tertiary/aromatic N) is 1. The Balaban J connectivity index is 1.87. The van der Waals surface area contributed by atoms with E-state index < -0.39 is 11.9 Å². The summed E-state index contributed by atoms with van der Waals surface area (Å²) in [6, 6.07) is 10.8. The third-order valence-electron chi connectivity index (χ3n) is 4.14. The number of carbonyl (C=O) groups is 3. The lowest BCUT2D eigenvalue weighted by Crippen LogP contribution is -2.35. The van der Waals surface area contributed by atoms with Crippen LogP contribution in [-0.4, -0.2) is 30.7 Å². The number of hydrogen-bond donors (Lipinski definition) is 1. The number of methoxy groups -OCH3 is 1. The molecule has 0 bridgehead atoms. The minimum absolute atomic E-state index is 0.00119. The molecule has 1 aliphatic rings. The van der Waals surface area contributed by atoms with Gasteiger partial charge in [0.25, 0.3) is 5.91 Å².